The molecule has 0 saturated carbocycles. The molecule has 0 unspecified atom stereocenters. The highest BCUT2D eigenvalue weighted by molar-refractivity contribution is 5.99. The fraction of sp³-hybridized carbons (Fsp3) is 0.286. The molecule has 3 amide bonds. The van der Waals surface area contributed by atoms with E-state index in [0.717, 1.165) is 6.07 Å². The van der Waals surface area contributed by atoms with Crippen molar-refractivity contribution in [3.05, 3.63) is 59.4 Å². The van der Waals surface area contributed by atoms with Crippen LogP contribution >= 0.6 is 0 Å². The number of hydrogen-bond acceptors (Lipinski definition) is 5. The maximum absolute atomic E-state index is 13.7. The maximum Gasteiger partial charge on any atom is 0.272 e. The minimum Gasteiger partial charge on any atom is -0.497 e. The highest BCUT2D eigenvalue weighted by atomic mass is 19.1. The van der Waals surface area contributed by atoms with E-state index in [1.54, 1.807) is 19.9 Å². The molecule has 0 heterocycles. The van der Waals surface area contributed by atoms with Gasteiger partial charge in [-0.2, -0.15) is 0 Å². The number of rotatable bonds is 7. The van der Waals surface area contributed by atoms with Gasteiger partial charge < -0.3 is 14.8 Å². The fourth-order valence-corrected chi connectivity index (χ4v) is 2.61. The summed E-state index contributed by atoms with van der Waals surface area (Å²) in [5.41, 5.74) is 4.40. The van der Waals surface area contributed by atoms with Gasteiger partial charge in [0.1, 0.15) is 23.4 Å². The summed E-state index contributed by atoms with van der Waals surface area (Å²) >= 11 is 0. The zero-order valence-electron chi connectivity index (χ0n) is 17.1. The molecule has 0 aliphatic rings. The molecular weight excluding hydrogens is 393 g/mol. The molecule has 8 nitrogen and oxygen atoms in total. The number of hydrazine groups is 1. The molecule has 3 N–H and O–H groups in total. The summed E-state index contributed by atoms with van der Waals surface area (Å²) in [6.45, 7) is 3.46. The monoisotopic (exact) mass is 417 g/mol. The minimum atomic E-state index is -0.962. The van der Waals surface area contributed by atoms with Gasteiger partial charge in [-0.25, -0.2) is 4.39 Å². The van der Waals surface area contributed by atoms with E-state index in [4.69, 9.17) is 9.47 Å². The smallest absolute Gasteiger partial charge is 0.272 e. The van der Waals surface area contributed by atoms with Gasteiger partial charge in [-0.3, -0.25) is 25.2 Å². The zero-order chi connectivity index (χ0) is 22.3. The first-order valence-corrected chi connectivity index (χ1v) is 9.15. The summed E-state index contributed by atoms with van der Waals surface area (Å²) in [5, 5.41) is 2.62. The van der Waals surface area contributed by atoms with E-state index in [-0.39, 0.29) is 17.0 Å². The highest BCUT2D eigenvalue weighted by Gasteiger charge is 2.26. The predicted octanol–water partition coefficient (Wildman–Crippen LogP) is 2.06. The predicted molar refractivity (Wildman–Crippen MR) is 108 cm³/mol. The van der Waals surface area contributed by atoms with Crippen molar-refractivity contribution in [1.29, 1.82) is 0 Å². The third-order valence-corrected chi connectivity index (χ3v) is 4.27. The van der Waals surface area contributed by atoms with Gasteiger partial charge in [0.15, 0.2) is 0 Å². The first-order chi connectivity index (χ1) is 14.3. The van der Waals surface area contributed by atoms with Gasteiger partial charge in [-0.15, -0.1) is 0 Å². The average Bonchev–Trinajstić information content (AvgIpc) is 2.74. The zero-order valence-corrected chi connectivity index (χ0v) is 17.1. The summed E-state index contributed by atoms with van der Waals surface area (Å²) in [6.07, 6.45) is 0. The Labute approximate surface area is 173 Å². The second kappa shape index (κ2) is 10.2. The number of methoxy groups -OCH3 is 2. The molecule has 2 aromatic carbocycles. The molecule has 9 heteroatoms. The molecule has 160 valence electrons. The summed E-state index contributed by atoms with van der Waals surface area (Å²) in [4.78, 5) is 37.3. The Morgan fingerprint density at radius 1 is 0.900 bits per heavy atom. The van der Waals surface area contributed by atoms with Crippen LogP contribution in [-0.2, 0) is 4.79 Å². The molecule has 2 rings (SSSR count). The van der Waals surface area contributed by atoms with Crippen molar-refractivity contribution >= 4 is 17.7 Å². The van der Waals surface area contributed by atoms with Crippen molar-refractivity contribution in [2.75, 3.05) is 14.2 Å². The van der Waals surface area contributed by atoms with Gasteiger partial charge in [0.2, 0.25) is 0 Å². The van der Waals surface area contributed by atoms with Crippen LogP contribution in [0.15, 0.2) is 42.5 Å². The second-order valence-electron chi connectivity index (χ2n) is 6.72. The van der Waals surface area contributed by atoms with Crippen molar-refractivity contribution in [2.24, 2.45) is 5.92 Å². The van der Waals surface area contributed by atoms with Crippen LogP contribution in [0.1, 0.15) is 34.6 Å². The molecule has 0 aromatic heterocycles. The van der Waals surface area contributed by atoms with E-state index in [2.05, 4.69) is 16.2 Å². The Balaban J connectivity index is 2.08. The molecule has 0 radical (unpaired) electrons. The van der Waals surface area contributed by atoms with Crippen molar-refractivity contribution in [1.82, 2.24) is 16.2 Å². The Kier molecular flexibility index (Phi) is 7.74. The molecule has 0 aliphatic heterocycles. The number of benzene rings is 2. The van der Waals surface area contributed by atoms with E-state index >= 15 is 0 Å². The quantitative estimate of drug-likeness (QED) is 0.598. The lowest BCUT2D eigenvalue weighted by atomic mass is 10.0. The summed E-state index contributed by atoms with van der Waals surface area (Å²) in [5.74, 6) is -2.17. The van der Waals surface area contributed by atoms with Crippen LogP contribution in [0.3, 0.4) is 0 Å². The second-order valence-corrected chi connectivity index (χ2v) is 6.72. The Morgan fingerprint density at radius 2 is 1.50 bits per heavy atom. The summed E-state index contributed by atoms with van der Waals surface area (Å²) in [7, 11) is 2.91. The van der Waals surface area contributed by atoms with Crippen molar-refractivity contribution < 1.29 is 28.2 Å². The molecule has 1 atom stereocenters. The molecule has 2 aromatic rings. The lowest BCUT2D eigenvalue weighted by Crippen LogP contribution is -2.54. The van der Waals surface area contributed by atoms with Gasteiger partial charge in [-0.1, -0.05) is 26.0 Å². The number of carbonyl (C=O) groups is 3. The average molecular weight is 417 g/mol. The molecule has 0 bridgehead atoms. The molecular formula is C21H24FN3O5. The van der Waals surface area contributed by atoms with Gasteiger partial charge in [-0.05, 0) is 30.2 Å². The van der Waals surface area contributed by atoms with Crippen molar-refractivity contribution in [2.45, 2.75) is 19.9 Å². The largest absolute Gasteiger partial charge is 0.497 e. The minimum absolute atomic E-state index is 0.216. The van der Waals surface area contributed by atoms with E-state index in [9.17, 15) is 18.8 Å². The van der Waals surface area contributed by atoms with Crippen LogP contribution in [0.4, 0.5) is 4.39 Å². The fourth-order valence-electron chi connectivity index (χ4n) is 2.61. The van der Waals surface area contributed by atoms with Gasteiger partial charge in [0.25, 0.3) is 17.7 Å². The molecule has 30 heavy (non-hydrogen) atoms. The van der Waals surface area contributed by atoms with E-state index in [0.29, 0.717) is 11.5 Å². The Morgan fingerprint density at radius 3 is 2.03 bits per heavy atom. The Hall–Kier alpha value is -3.62. The number of hydrogen-bond donors (Lipinski definition) is 3. The van der Waals surface area contributed by atoms with Crippen molar-refractivity contribution in [3.8, 4) is 11.5 Å². The lowest BCUT2D eigenvalue weighted by molar-refractivity contribution is -0.124. The molecule has 0 saturated heterocycles. The first-order valence-electron chi connectivity index (χ1n) is 9.15. The first kappa shape index (κ1) is 22.7. The van der Waals surface area contributed by atoms with E-state index in [1.807, 2.05) is 0 Å². The number of carbonyl (C=O) groups excluding carboxylic acids is 3. The topological polar surface area (TPSA) is 106 Å². The normalized spacial score (nSPS) is 11.4. The number of nitrogens with one attached hydrogen (secondary N) is 3. The van der Waals surface area contributed by atoms with E-state index in [1.165, 1.54) is 44.6 Å². The van der Waals surface area contributed by atoms with Gasteiger partial charge in [0, 0.05) is 11.6 Å². The van der Waals surface area contributed by atoms with Crippen LogP contribution in [0.2, 0.25) is 0 Å². The van der Waals surface area contributed by atoms with Gasteiger partial charge in [0.05, 0.1) is 19.8 Å². The highest BCUT2D eigenvalue weighted by Crippen LogP contribution is 2.22. The number of halogens is 1. The molecule has 0 fully saturated rings. The summed E-state index contributed by atoms with van der Waals surface area (Å²) in [6, 6.07) is 9.03. The molecule has 0 spiro atoms. The van der Waals surface area contributed by atoms with Crippen molar-refractivity contribution in [3.63, 3.8) is 0 Å². The van der Waals surface area contributed by atoms with Crippen LogP contribution < -0.4 is 25.6 Å². The third-order valence-electron chi connectivity index (χ3n) is 4.27. The lowest BCUT2D eigenvalue weighted by Gasteiger charge is -2.22. The van der Waals surface area contributed by atoms with E-state index < -0.39 is 29.6 Å². The van der Waals surface area contributed by atoms with Crippen LogP contribution in [0, 0.1) is 11.7 Å². The maximum atomic E-state index is 13.7. The summed E-state index contributed by atoms with van der Waals surface area (Å²) < 4.78 is 24.0. The SMILES string of the molecule is COc1cc(OC)cc(C(=O)N[C@@H](C(=O)NNC(=O)c2ccccc2F)C(C)C)c1. The number of ether oxygens (including phenoxy) is 2. The standard InChI is InChI=1S/C21H24FN3O5/c1-12(2)18(21(28)25-24-20(27)16-7-5-6-8-17(16)22)23-19(26)13-9-14(29-3)11-15(10-13)30-4/h5-12,18H,1-4H3,(H,23,26)(H,24,27)(H,25,28)/t18-/m1/s1. The Bertz CT molecular complexity index is 910. The van der Waals surface area contributed by atoms with Crippen LogP contribution in [-0.4, -0.2) is 38.0 Å². The third kappa shape index (κ3) is 5.69. The van der Waals surface area contributed by atoms with Crippen LogP contribution in [0.25, 0.3) is 0 Å². The van der Waals surface area contributed by atoms with Crippen LogP contribution in [0.5, 0.6) is 11.5 Å². The number of amides is 3. The molecule has 0 aliphatic carbocycles. The van der Waals surface area contributed by atoms with Gasteiger partial charge >= 0.3 is 0 Å².